The lowest BCUT2D eigenvalue weighted by atomic mass is 9.86. The van der Waals surface area contributed by atoms with E-state index >= 15 is 0 Å². The van der Waals surface area contributed by atoms with E-state index in [2.05, 4.69) is 47.3 Å². The number of carbonyl (C=O) groups excluding carboxylic acids is 1. The maximum atomic E-state index is 13.3. The number of hydrogen-bond acceptors (Lipinski definition) is 9. The van der Waals surface area contributed by atoms with Gasteiger partial charge in [0.25, 0.3) is 0 Å². The Balaban J connectivity index is 0.000000245. The zero-order valence-corrected chi connectivity index (χ0v) is 36.5. The van der Waals surface area contributed by atoms with Crippen molar-refractivity contribution in [3.63, 3.8) is 0 Å². The normalized spacial score (nSPS) is 11.3. The minimum atomic E-state index is -0.980. The number of pyridine rings is 2. The highest BCUT2D eigenvalue weighted by molar-refractivity contribution is 6.35. The SMILES string of the molecule is CN(C)c1c(Cl)ccc2c(=O)c3ccc(C(C)(C)C)cc3n(CC(=O)CC#N)c12.CN(C)c1c(Cl)ccc2c(=O)c3ccc(C(C)(C)C)cc3n(CC(=O)O)c12.N#CN. The molecular formula is C45H49Cl2N7O5. The first-order chi connectivity index (χ1) is 27.5. The van der Waals surface area contributed by atoms with Gasteiger partial charge in [-0.25, -0.2) is 0 Å². The monoisotopic (exact) mass is 837 g/mol. The van der Waals surface area contributed by atoms with Gasteiger partial charge in [0.15, 0.2) is 22.8 Å². The number of benzene rings is 4. The van der Waals surface area contributed by atoms with Gasteiger partial charge < -0.3 is 29.8 Å². The fraction of sp³-hybridized carbons (Fsp3) is 0.333. The van der Waals surface area contributed by atoms with Crippen molar-refractivity contribution in [1.82, 2.24) is 9.13 Å². The van der Waals surface area contributed by atoms with Crippen molar-refractivity contribution in [1.29, 1.82) is 10.5 Å². The Morgan fingerprint density at radius 1 is 0.678 bits per heavy atom. The highest BCUT2D eigenvalue weighted by atomic mass is 35.5. The van der Waals surface area contributed by atoms with Crippen LogP contribution in [0.4, 0.5) is 11.4 Å². The minimum absolute atomic E-state index is 0.00435. The van der Waals surface area contributed by atoms with Gasteiger partial charge in [-0.3, -0.25) is 19.2 Å². The molecule has 0 saturated heterocycles. The van der Waals surface area contributed by atoms with Gasteiger partial charge in [0.1, 0.15) is 6.54 Å². The molecule has 0 aliphatic carbocycles. The molecule has 0 unspecified atom stereocenters. The number of nitrogens with two attached hydrogens (primary N) is 1. The first-order valence-corrected chi connectivity index (χ1v) is 19.4. The fourth-order valence-corrected chi connectivity index (χ4v) is 7.66. The molecule has 4 aromatic carbocycles. The van der Waals surface area contributed by atoms with Crippen molar-refractivity contribution in [3.05, 3.63) is 102 Å². The van der Waals surface area contributed by atoms with E-state index in [1.165, 1.54) is 6.19 Å². The van der Waals surface area contributed by atoms with Crippen LogP contribution in [-0.4, -0.2) is 54.2 Å². The Morgan fingerprint density at radius 2 is 1.03 bits per heavy atom. The lowest BCUT2D eigenvalue weighted by Crippen LogP contribution is -2.20. The van der Waals surface area contributed by atoms with Gasteiger partial charge in [0.2, 0.25) is 0 Å². The molecule has 2 aromatic heterocycles. The highest BCUT2D eigenvalue weighted by Crippen LogP contribution is 2.37. The van der Waals surface area contributed by atoms with Crippen molar-refractivity contribution in [2.24, 2.45) is 5.73 Å². The van der Waals surface area contributed by atoms with Crippen LogP contribution in [0.3, 0.4) is 0 Å². The smallest absolute Gasteiger partial charge is 0.323 e. The summed E-state index contributed by atoms with van der Waals surface area (Å²) in [7, 11) is 7.35. The van der Waals surface area contributed by atoms with Crippen LogP contribution in [0.1, 0.15) is 59.1 Å². The summed E-state index contributed by atoms with van der Waals surface area (Å²) in [5.74, 6) is -1.20. The minimum Gasteiger partial charge on any atom is -0.480 e. The third-order valence-electron chi connectivity index (χ3n) is 9.83. The highest BCUT2D eigenvalue weighted by Gasteiger charge is 2.23. The number of nitriles is 2. The van der Waals surface area contributed by atoms with Gasteiger partial charge >= 0.3 is 5.97 Å². The van der Waals surface area contributed by atoms with E-state index in [9.17, 15) is 24.3 Å². The summed E-state index contributed by atoms with van der Waals surface area (Å²) in [6, 6.07) is 20.1. The second-order valence-electron chi connectivity index (χ2n) is 16.6. The zero-order valence-electron chi connectivity index (χ0n) is 35.0. The first kappa shape index (κ1) is 45.6. The molecule has 0 radical (unpaired) electrons. The summed E-state index contributed by atoms with van der Waals surface area (Å²) in [5.41, 5.74) is 9.49. The number of carbonyl (C=O) groups is 2. The maximum absolute atomic E-state index is 13.3. The fourth-order valence-electron chi connectivity index (χ4n) is 7.02. The molecule has 14 heteroatoms. The van der Waals surface area contributed by atoms with E-state index < -0.39 is 5.97 Å². The number of Topliss-reactive ketones (excluding diaryl/α,β-unsaturated/α-hetero) is 1. The molecule has 59 heavy (non-hydrogen) atoms. The molecule has 6 aromatic rings. The van der Waals surface area contributed by atoms with E-state index in [0.717, 1.165) is 11.1 Å². The van der Waals surface area contributed by atoms with E-state index in [4.69, 9.17) is 33.7 Å². The summed E-state index contributed by atoms with van der Waals surface area (Å²) in [6.07, 6.45) is 1.06. The molecular weight excluding hydrogens is 789 g/mol. The Labute approximate surface area is 353 Å². The first-order valence-electron chi connectivity index (χ1n) is 18.6. The number of carboxylic acids is 1. The molecule has 0 atom stereocenters. The van der Waals surface area contributed by atoms with Crippen LogP contribution in [0.25, 0.3) is 43.6 Å². The molecule has 308 valence electrons. The summed E-state index contributed by atoms with van der Waals surface area (Å²) in [6.45, 7) is 12.3. The second-order valence-corrected chi connectivity index (χ2v) is 17.4. The van der Waals surface area contributed by atoms with Crippen molar-refractivity contribution in [2.45, 2.75) is 71.9 Å². The quantitative estimate of drug-likeness (QED) is 0.0902. The standard InChI is InChI=1S/C23H24ClN3O2.C21H23ClN2O3.CH2N2/c1-23(2,3)14-6-7-16-19(12-14)27(13-15(28)10-11-25)20-17(22(16)29)8-9-18(24)21(20)26(4)5;1-21(2,3)12-6-7-13-16(10-12)24(11-17(25)26)18-14(20(13)27)8-9-15(22)19(18)23(4)5;2-1-3/h6-9,12H,10,13H2,1-5H3;6-10H,11H2,1-5H3,(H,25,26);2H2. The molecule has 0 aliphatic rings. The van der Waals surface area contributed by atoms with Gasteiger partial charge in [-0.2, -0.15) is 10.5 Å². The Bertz CT molecular complexity index is 2830. The molecule has 3 N–H and O–H groups in total. The molecule has 0 spiro atoms. The van der Waals surface area contributed by atoms with Crippen molar-refractivity contribution in [3.8, 4) is 12.3 Å². The van der Waals surface area contributed by atoms with Gasteiger partial charge in [0, 0.05) is 49.7 Å². The lowest BCUT2D eigenvalue weighted by Gasteiger charge is -2.24. The number of aliphatic carboxylic acids is 1. The van der Waals surface area contributed by atoms with E-state index in [1.807, 2.05) is 79.0 Å². The van der Waals surface area contributed by atoms with Gasteiger partial charge in [0.05, 0.1) is 62.5 Å². The molecule has 0 amide bonds. The lowest BCUT2D eigenvalue weighted by molar-refractivity contribution is -0.137. The van der Waals surface area contributed by atoms with E-state index in [1.54, 1.807) is 34.9 Å². The predicted molar refractivity (Wildman–Crippen MR) is 240 cm³/mol. The summed E-state index contributed by atoms with van der Waals surface area (Å²) in [5, 5.41) is 28.6. The van der Waals surface area contributed by atoms with Crippen LogP contribution in [0, 0.1) is 22.8 Å². The van der Waals surface area contributed by atoms with Crippen LogP contribution in [0.15, 0.2) is 70.3 Å². The Kier molecular flexibility index (Phi) is 13.8. The number of carboxylic acid groups (broad SMARTS) is 1. The largest absolute Gasteiger partial charge is 0.480 e. The van der Waals surface area contributed by atoms with Crippen LogP contribution in [0.2, 0.25) is 10.0 Å². The molecule has 0 bridgehead atoms. The number of anilines is 2. The van der Waals surface area contributed by atoms with Crippen LogP contribution in [-0.2, 0) is 33.5 Å². The van der Waals surface area contributed by atoms with Crippen LogP contribution in [0.5, 0.6) is 0 Å². The molecule has 0 aliphatic heterocycles. The molecule has 12 nitrogen and oxygen atoms in total. The predicted octanol–water partition coefficient (Wildman–Crippen LogP) is 8.34. The number of nitrogens with zero attached hydrogens (tertiary/aromatic N) is 6. The van der Waals surface area contributed by atoms with E-state index in [-0.39, 0.29) is 47.0 Å². The number of aromatic nitrogens is 2. The second kappa shape index (κ2) is 17.8. The van der Waals surface area contributed by atoms with Crippen molar-refractivity contribution >= 4 is 89.9 Å². The van der Waals surface area contributed by atoms with Gasteiger partial charge in [-0.15, -0.1) is 0 Å². The van der Waals surface area contributed by atoms with Gasteiger partial charge in [-0.05, 0) is 70.5 Å². The number of hydrogen-bond donors (Lipinski definition) is 2. The number of fused-ring (bicyclic) bond motifs is 4. The van der Waals surface area contributed by atoms with Gasteiger partial charge in [-0.1, -0.05) is 76.9 Å². The third kappa shape index (κ3) is 9.46. The molecule has 0 fully saturated rings. The summed E-state index contributed by atoms with van der Waals surface area (Å²) >= 11 is 12.9. The summed E-state index contributed by atoms with van der Waals surface area (Å²) < 4.78 is 3.52. The van der Waals surface area contributed by atoms with Crippen LogP contribution >= 0.6 is 23.2 Å². The number of ketones is 1. The number of halogens is 2. The molecule has 6 rings (SSSR count). The average Bonchev–Trinajstić information content (AvgIpc) is 3.13. The molecule has 2 heterocycles. The van der Waals surface area contributed by atoms with Crippen molar-refractivity contribution in [2.75, 3.05) is 38.0 Å². The summed E-state index contributed by atoms with van der Waals surface area (Å²) in [4.78, 5) is 54.2. The maximum Gasteiger partial charge on any atom is 0.323 e. The van der Waals surface area contributed by atoms with Crippen molar-refractivity contribution < 1.29 is 14.7 Å². The zero-order chi connectivity index (χ0) is 44.3. The molecule has 0 saturated carbocycles. The van der Waals surface area contributed by atoms with E-state index in [0.29, 0.717) is 65.0 Å². The van der Waals surface area contributed by atoms with Crippen LogP contribution < -0.4 is 26.4 Å². The third-order valence-corrected chi connectivity index (χ3v) is 10.4. The average molecular weight is 839 g/mol. The Morgan fingerprint density at radius 3 is 1.36 bits per heavy atom. The topological polar surface area (TPSA) is 178 Å². The Hall–Kier alpha value is -6.08. The number of rotatable bonds is 7.